The molecule has 14 heavy (non-hydrogen) atoms. The number of hydrogen-bond donors (Lipinski definition) is 2. The largest absolute Gasteiger partial charge is 0.392 e. The number of aromatic amines is 1. The summed E-state index contributed by atoms with van der Waals surface area (Å²) in [7, 11) is 0. The van der Waals surface area contributed by atoms with E-state index in [0.717, 1.165) is 0 Å². The lowest BCUT2D eigenvalue weighted by atomic mass is 10.3. The van der Waals surface area contributed by atoms with Crippen molar-refractivity contribution in [1.29, 1.82) is 0 Å². The van der Waals surface area contributed by atoms with Crippen molar-refractivity contribution in [3.63, 3.8) is 0 Å². The molecule has 0 unspecified atom stereocenters. The van der Waals surface area contributed by atoms with Crippen molar-refractivity contribution in [2.45, 2.75) is 6.92 Å². The van der Waals surface area contributed by atoms with Gasteiger partial charge >= 0.3 is 0 Å². The number of carbonyl (C=O) groups excluding carboxylic acids is 1. The molecule has 0 saturated heterocycles. The third-order valence-electron chi connectivity index (χ3n) is 1.76. The summed E-state index contributed by atoms with van der Waals surface area (Å²) in [6.45, 7) is 2.74. The van der Waals surface area contributed by atoms with Crippen LogP contribution in [0, 0.1) is 0 Å². The first-order valence-electron chi connectivity index (χ1n) is 4.21. The second kappa shape index (κ2) is 4.71. The molecule has 1 aromatic rings. The van der Waals surface area contributed by atoms with Crippen LogP contribution in [0.15, 0.2) is 12.4 Å². The van der Waals surface area contributed by atoms with Gasteiger partial charge in [0.15, 0.2) is 0 Å². The lowest BCUT2D eigenvalue weighted by Crippen LogP contribution is -2.37. The molecule has 1 amide bonds. The number of rotatable bonds is 4. The van der Waals surface area contributed by atoms with Crippen molar-refractivity contribution in [2.24, 2.45) is 5.73 Å². The van der Waals surface area contributed by atoms with Gasteiger partial charge in [0.05, 0.1) is 23.3 Å². The summed E-state index contributed by atoms with van der Waals surface area (Å²) in [6.07, 6.45) is 3.02. The number of hydrogen-bond acceptors (Lipinski definition) is 3. The van der Waals surface area contributed by atoms with Gasteiger partial charge in [0.1, 0.15) is 0 Å². The Balaban J connectivity index is 2.70. The van der Waals surface area contributed by atoms with E-state index in [1.165, 1.54) is 6.20 Å². The zero-order chi connectivity index (χ0) is 10.6. The number of nitrogens with two attached hydrogens (primary N) is 1. The van der Waals surface area contributed by atoms with Gasteiger partial charge in [-0.1, -0.05) is 12.2 Å². The number of nitrogens with zero attached hydrogens (tertiary/aromatic N) is 2. The quantitative estimate of drug-likeness (QED) is 0.697. The zero-order valence-corrected chi connectivity index (χ0v) is 8.67. The highest BCUT2D eigenvalue weighted by Gasteiger charge is 2.15. The van der Waals surface area contributed by atoms with Gasteiger partial charge in [-0.25, -0.2) is 0 Å². The van der Waals surface area contributed by atoms with Crippen LogP contribution in [0.4, 0.5) is 0 Å². The van der Waals surface area contributed by atoms with Gasteiger partial charge in [0.2, 0.25) is 0 Å². The molecule has 1 rings (SSSR count). The summed E-state index contributed by atoms with van der Waals surface area (Å²) >= 11 is 4.75. The molecule has 76 valence electrons. The van der Waals surface area contributed by atoms with Crippen LogP contribution in [0.5, 0.6) is 0 Å². The van der Waals surface area contributed by atoms with Gasteiger partial charge in [0, 0.05) is 12.7 Å². The number of carbonyl (C=O) groups is 1. The van der Waals surface area contributed by atoms with Crippen LogP contribution in [0.1, 0.15) is 17.3 Å². The van der Waals surface area contributed by atoms with Crippen LogP contribution in [0.3, 0.4) is 0 Å². The van der Waals surface area contributed by atoms with Crippen molar-refractivity contribution >= 4 is 23.1 Å². The summed E-state index contributed by atoms with van der Waals surface area (Å²) in [5.74, 6) is -0.117. The fraction of sp³-hybridized carbons (Fsp3) is 0.375. The smallest absolute Gasteiger partial charge is 0.257 e. The molecule has 0 bridgehead atoms. The first-order valence-corrected chi connectivity index (χ1v) is 4.62. The number of aromatic nitrogens is 2. The summed E-state index contributed by atoms with van der Waals surface area (Å²) in [4.78, 5) is 13.6. The Hall–Kier alpha value is -1.43. The fourth-order valence-electron chi connectivity index (χ4n) is 1.07. The maximum Gasteiger partial charge on any atom is 0.257 e. The van der Waals surface area contributed by atoms with Crippen LogP contribution in [-0.4, -0.2) is 39.1 Å². The molecule has 6 heteroatoms. The van der Waals surface area contributed by atoms with Crippen LogP contribution in [-0.2, 0) is 0 Å². The van der Waals surface area contributed by atoms with E-state index in [2.05, 4.69) is 10.2 Å². The number of nitrogens with one attached hydrogen (secondary N) is 1. The van der Waals surface area contributed by atoms with Gasteiger partial charge in [-0.05, 0) is 6.92 Å². The van der Waals surface area contributed by atoms with Gasteiger partial charge in [0.25, 0.3) is 5.91 Å². The van der Waals surface area contributed by atoms with Crippen LogP contribution < -0.4 is 5.73 Å². The fourth-order valence-corrected chi connectivity index (χ4v) is 1.22. The average Bonchev–Trinajstić information content (AvgIpc) is 2.65. The van der Waals surface area contributed by atoms with Gasteiger partial charge in [-0.3, -0.25) is 9.89 Å². The Morgan fingerprint density at radius 1 is 1.79 bits per heavy atom. The van der Waals surface area contributed by atoms with E-state index in [1.54, 1.807) is 11.1 Å². The van der Waals surface area contributed by atoms with Crippen LogP contribution in [0.2, 0.25) is 0 Å². The van der Waals surface area contributed by atoms with Crippen molar-refractivity contribution in [1.82, 2.24) is 15.1 Å². The Labute approximate surface area is 87.3 Å². The third-order valence-corrected chi connectivity index (χ3v) is 1.89. The van der Waals surface area contributed by atoms with Crippen molar-refractivity contribution in [3.05, 3.63) is 18.0 Å². The lowest BCUT2D eigenvalue weighted by molar-refractivity contribution is 0.0788. The minimum Gasteiger partial charge on any atom is -0.392 e. The van der Waals surface area contributed by atoms with E-state index in [-0.39, 0.29) is 5.91 Å². The molecule has 3 N–H and O–H groups in total. The van der Waals surface area contributed by atoms with Crippen molar-refractivity contribution in [2.75, 3.05) is 13.1 Å². The number of thiocarbonyl (C=S) groups is 1. The molecule has 0 aliphatic heterocycles. The van der Waals surface area contributed by atoms with Crippen molar-refractivity contribution < 1.29 is 4.79 Å². The summed E-state index contributed by atoms with van der Waals surface area (Å²) < 4.78 is 0. The highest BCUT2D eigenvalue weighted by Crippen LogP contribution is 2.01. The first kappa shape index (κ1) is 10.6. The number of H-pyrrole nitrogens is 1. The molecule has 0 radical (unpaired) electrons. The molecule has 0 spiro atoms. The summed E-state index contributed by atoms with van der Waals surface area (Å²) in [5, 5.41) is 6.28. The SMILES string of the molecule is CCN(CC(N)=S)C(=O)c1cn[nH]c1. The number of amides is 1. The Morgan fingerprint density at radius 2 is 2.50 bits per heavy atom. The summed E-state index contributed by atoms with van der Waals surface area (Å²) in [6, 6.07) is 0. The average molecular weight is 212 g/mol. The van der Waals surface area contributed by atoms with Crippen LogP contribution in [0.25, 0.3) is 0 Å². The number of likely N-dealkylation sites (N-methyl/N-ethyl adjacent to an activating group) is 1. The first-order chi connectivity index (χ1) is 6.65. The molecule has 0 aromatic carbocycles. The Bertz CT molecular complexity index is 322. The van der Waals surface area contributed by atoms with E-state index >= 15 is 0 Å². The molecule has 0 aliphatic carbocycles. The predicted molar refractivity (Wildman–Crippen MR) is 57.0 cm³/mol. The molecule has 1 aromatic heterocycles. The summed E-state index contributed by atoms with van der Waals surface area (Å²) in [5.41, 5.74) is 5.89. The molecule has 1 heterocycles. The van der Waals surface area contributed by atoms with E-state index in [9.17, 15) is 4.79 Å². The van der Waals surface area contributed by atoms with Crippen molar-refractivity contribution in [3.8, 4) is 0 Å². The standard InChI is InChI=1S/C8H12N4OS/c1-2-12(5-7(9)14)8(13)6-3-10-11-4-6/h3-4H,2,5H2,1H3,(H2,9,14)(H,10,11). The minimum atomic E-state index is -0.117. The van der Waals surface area contributed by atoms with Crippen LogP contribution >= 0.6 is 12.2 Å². The molecule has 5 nitrogen and oxygen atoms in total. The minimum absolute atomic E-state index is 0.117. The molecule has 0 saturated carbocycles. The molecule has 0 fully saturated rings. The van der Waals surface area contributed by atoms with Gasteiger partial charge < -0.3 is 10.6 Å². The highest BCUT2D eigenvalue weighted by atomic mass is 32.1. The molecular formula is C8H12N4OS. The Kier molecular flexibility index (Phi) is 3.58. The highest BCUT2D eigenvalue weighted by molar-refractivity contribution is 7.80. The predicted octanol–water partition coefficient (Wildman–Crippen LogP) is 0.158. The molecule has 0 atom stereocenters. The molecular weight excluding hydrogens is 200 g/mol. The van der Waals surface area contributed by atoms with E-state index in [1.807, 2.05) is 6.92 Å². The van der Waals surface area contributed by atoms with Gasteiger partial charge in [-0.15, -0.1) is 0 Å². The molecule has 0 aliphatic rings. The lowest BCUT2D eigenvalue weighted by Gasteiger charge is -2.18. The zero-order valence-electron chi connectivity index (χ0n) is 7.86. The monoisotopic (exact) mass is 212 g/mol. The van der Waals surface area contributed by atoms with Gasteiger partial charge in [-0.2, -0.15) is 5.10 Å². The second-order valence-corrected chi connectivity index (χ2v) is 3.30. The third kappa shape index (κ3) is 2.53. The Morgan fingerprint density at radius 3 is 2.93 bits per heavy atom. The van der Waals surface area contributed by atoms with E-state index < -0.39 is 0 Å². The topological polar surface area (TPSA) is 75.0 Å². The maximum atomic E-state index is 11.7. The van der Waals surface area contributed by atoms with E-state index in [0.29, 0.717) is 23.6 Å². The second-order valence-electron chi connectivity index (χ2n) is 2.77. The maximum absolute atomic E-state index is 11.7. The normalized spacial score (nSPS) is 9.79. The van der Waals surface area contributed by atoms with E-state index in [4.69, 9.17) is 18.0 Å².